The summed E-state index contributed by atoms with van der Waals surface area (Å²) in [6, 6.07) is 5.63. The molecule has 1 aliphatic heterocycles. The van der Waals surface area contributed by atoms with Crippen molar-refractivity contribution >= 4 is 11.9 Å². The summed E-state index contributed by atoms with van der Waals surface area (Å²) in [5.74, 6) is -0.281. The van der Waals surface area contributed by atoms with Gasteiger partial charge in [0.15, 0.2) is 6.10 Å². The minimum atomic E-state index is -0.602. The summed E-state index contributed by atoms with van der Waals surface area (Å²) < 4.78 is 23.7. The molecule has 2 rings (SSSR count). The lowest BCUT2D eigenvalue weighted by atomic mass is 9.96. The van der Waals surface area contributed by atoms with E-state index in [0.29, 0.717) is 44.7 Å². The highest BCUT2D eigenvalue weighted by Crippen LogP contribution is 2.21. The van der Waals surface area contributed by atoms with E-state index in [2.05, 4.69) is 0 Å². The Morgan fingerprint density at radius 3 is 2.38 bits per heavy atom. The smallest absolute Gasteiger partial charge is 0.309 e. The monoisotopic (exact) mass is 337 g/mol. The molecule has 0 saturated carbocycles. The number of amides is 1. The molecule has 0 aliphatic carbocycles. The van der Waals surface area contributed by atoms with Crippen LogP contribution in [0.2, 0.25) is 0 Å². The lowest BCUT2D eigenvalue weighted by Gasteiger charge is -2.33. The van der Waals surface area contributed by atoms with Crippen molar-refractivity contribution in [2.45, 2.75) is 39.2 Å². The van der Waals surface area contributed by atoms with E-state index in [1.54, 1.807) is 11.8 Å². The number of carbonyl (C=O) groups excluding carboxylic acids is 2. The molecule has 1 aromatic carbocycles. The lowest BCUT2D eigenvalue weighted by molar-refractivity contribution is -0.152. The largest absolute Gasteiger partial charge is 0.481 e. The Kier molecular flexibility index (Phi) is 6.58. The zero-order chi connectivity index (χ0) is 17.5. The van der Waals surface area contributed by atoms with Crippen LogP contribution in [0.1, 0.15) is 33.1 Å². The van der Waals surface area contributed by atoms with E-state index >= 15 is 0 Å². The van der Waals surface area contributed by atoms with Gasteiger partial charge in [-0.2, -0.15) is 0 Å². The van der Waals surface area contributed by atoms with Gasteiger partial charge >= 0.3 is 5.97 Å². The summed E-state index contributed by atoms with van der Waals surface area (Å²) in [4.78, 5) is 26.1. The van der Waals surface area contributed by atoms with Gasteiger partial charge in [-0.3, -0.25) is 9.59 Å². The van der Waals surface area contributed by atoms with Crippen molar-refractivity contribution < 1.29 is 23.5 Å². The molecule has 24 heavy (non-hydrogen) atoms. The molecule has 1 fully saturated rings. The number of hydrogen-bond donors (Lipinski definition) is 0. The van der Waals surface area contributed by atoms with Gasteiger partial charge in [-0.15, -0.1) is 0 Å². The van der Waals surface area contributed by atoms with Crippen LogP contribution in [0.3, 0.4) is 0 Å². The van der Waals surface area contributed by atoms with Gasteiger partial charge in [0.25, 0.3) is 5.91 Å². The van der Waals surface area contributed by atoms with Gasteiger partial charge in [-0.25, -0.2) is 4.39 Å². The number of carbonyl (C=O) groups is 2. The zero-order valence-corrected chi connectivity index (χ0v) is 14.2. The summed E-state index contributed by atoms with van der Waals surface area (Å²) in [6.07, 6.45) is 1.14. The third-order valence-corrected chi connectivity index (χ3v) is 4.16. The minimum absolute atomic E-state index is 0.0934. The number of halogens is 1. The predicted octanol–water partition coefficient (Wildman–Crippen LogP) is 2.78. The summed E-state index contributed by atoms with van der Waals surface area (Å²) in [5, 5.41) is 0. The summed E-state index contributed by atoms with van der Waals surface area (Å²) in [5.41, 5.74) is 0. The lowest BCUT2D eigenvalue weighted by Crippen LogP contribution is -2.46. The van der Waals surface area contributed by atoms with Gasteiger partial charge in [0.2, 0.25) is 0 Å². The normalized spacial score (nSPS) is 16.5. The van der Waals surface area contributed by atoms with Crippen LogP contribution >= 0.6 is 0 Å². The maximum Gasteiger partial charge on any atom is 0.309 e. The number of piperidine rings is 1. The van der Waals surface area contributed by atoms with Gasteiger partial charge in [0.1, 0.15) is 11.6 Å². The minimum Gasteiger partial charge on any atom is -0.481 e. The molecular weight excluding hydrogens is 313 g/mol. The molecule has 1 unspecified atom stereocenters. The van der Waals surface area contributed by atoms with E-state index in [0.717, 1.165) is 0 Å². The average molecular weight is 337 g/mol. The van der Waals surface area contributed by atoms with Crippen LogP contribution in [0.15, 0.2) is 24.3 Å². The van der Waals surface area contributed by atoms with E-state index in [-0.39, 0.29) is 23.6 Å². The first-order valence-corrected chi connectivity index (χ1v) is 8.42. The molecule has 1 amide bonds. The number of benzene rings is 1. The summed E-state index contributed by atoms with van der Waals surface area (Å²) >= 11 is 0. The molecule has 6 heteroatoms. The highest BCUT2D eigenvalue weighted by atomic mass is 19.1. The van der Waals surface area contributed by atoms with Gasteiger partial charge < -0.3 is 14.4 Å². The van der Waals surface area contributed by atoms with Crippen molar-refractivity contribution in [3.05, 3.63) is 30.1 Å². The first-order chi connectivity index (χ1) is 11.5. The highest BCUT2D eigenvalue weighted by molar-refractivity contribution is 5.81. The maximum atomic E-state index is 12.9. The Morgan fingerprint density at radius 1 is 1.21 bits per heavy atom. The van der Waals surface area contributed by atoms with Crippen LogP contribution < -0.4 is 4.74 Å². The first kappa shape index (κ1) is 18.2. The van der Waals surface area contributed by atoms with Gasteiger partial charge in [0, 0.05) is 13.1 Å². The molecular formula is C18H24FNO4. The topological polar surface area (TPSA) is 55.8 Å². The average Bonchev–Trinajstić information content (AvgIpc) is 2.61. The highest BCUT2D eigenvalue weighted by Gasteiger charge is 2.31. The standard InChI is InChI=1S/C18H24FNO4/c1-3-16(24-15-7-5-14(19)6-8-15)17(21)20-11-9-13(10-12-20)18(22)23-4-2/h5-8,13,16H,3-4,9-12H2,1-2H3. The third-order valence-electron chi connectivity index (χ3n) is 4.16. The number of likely N-dealkylation sites (tertiary alicyclic amines) is 1. The van der Waals surface area contributed by atoms with Crippen molar-refractivity contribution in [2.24, 2.45) is 5.92 Å². The number of hydrogen-bond acceptors (Lipinski definition) is 4. The SMILES string of the molecule is CCOC(=O)C1CCN(C(=O)C(CC)Oc2ccc(F)cc2)CC1. The second-order valence-corrected chi connectivity index (χ2v) is 5.82. The second kappa shape index (κ2) is 8.66. The molecule has 1 heterocycles. The van der Waals surface area contributed by atoms with Crippen molar-refractivity contribution in [2.75, 3.05) is 19.7 Å². The van der Waals surface area contributed by atoms with Crippen molar-refractivity contribution in [1.82, 2.24) is 4.90 Å². The van der Waals surface area contributed by atoms with Crippen molar-refractivity contribution in [3.8, 4) is 5.75 Å². The number of ether oxygens (including phenoxy) is 2. The molecule has 1 aromatic rings. The summed E-state index contributed by atoms with van der Waals surface area (Å²) in [6.45, 7) is 5.07. The van der Waals surface area contributed by atoms with Gasteiger partial charge in [0.05, 0.1) is 12.5 Å². The van der Waals surface area contributed by atoms with E-state index in [1.807, 2.05) is 6.92 Å². The molecule has 132 valence electrons. The first-order valence-electron chi connectivity index (χ1n) is 8.42. The van der Waals surface area contributed by atoms with Crippen molar-refractivity contribution in [1.29, 1.82) is 0 Å². The predicted molar refractivity (Wildman–Crippen MR) is 87.0 cm³/mol. The molecule has 1 saturated heterocycles. The number of nitrogens with zero attached hydrogens (tertiary/aromatic N) is 1. The van der Waals surface area contributed by atoms with Crippen LogP contribution in [0.25, 0.3) is 0 Å². The Labute approximate surface area is 141 Å². The zero-order valence-electron chi connectivity index (χ0n) is 14.2. The summed E-state index contributed by atoms with van der Waals surface area (Å²) in [7, 11) is 0. The molecule has 0 aromatic heterocycles. The van der Waals surface area contributed by atoms with E-state index in [4.69, 9.17) is 9.47 Å². The Bertz CT molecular complexity index is 553. The molecule has 0 spiro atoms. The van der Waals surface area contributed by atoms with Crippen LogP contribution in [0.5, 0.6) is 5.75 Å². The Balaban J connectivity index is 1.90. The van der Waals surface area contributed by atoms with E-state index < -0.39 is 6.10 Å². The van der Waals surface area contributed by atoms with Crippen LogP contribution in [-0.2, 0) is 14.3 Å². The number of esters is 1. The fourth-order valence-electron chi connectivity index (χ4n) is 2.79. The number of rotatable bonds is 6. The van der Waals surface area contributed by atoms with E-state index in [1.165, 1.54) is 24.3 Å². The van der Waals surface area contributed by atoms with E-state index in [9.17, 15) is 14.0 Å². The van der Waals surface area contributed by atoms with Crippen LogP contribution in [0.4, 0.5) is 4.39 Å². The molecule has 1 aliphatic rings. The Morgan fingerprint density at radius 2 is 1.83 bits per heavy atom. The molecule has 5 nitrogen and oxygen atoms in total. The van der Waals surface area contributed by atoms with Crippen LogP contribution in [0, 0.1) is 11.7 Å². The quantitative estimate of drug-likeness (QED) is 0.749. The Hall–Kier alpha value is -2.11. The fraction of sp³-hybridized carbons (Fsp3) is 0.556. The maximum absolute atomic E-state index is 12.9. The second-order valence-electron chi connectivity index (χ2n) is 5.82. The molecule has 1 atom stereocenters. The molecule has 0 bridgehead atoms. The third kappa shape index (κ3) is 4.69. The van der Waals surface area contributed by atoms with Gasteiger partial charge in [-0.1, -0.05) is 6.92 Å². The molecule has 0 N–H and O–H groups in total. The van der Waals surface area contributed by atoms with Gasteiger partial charge in [-0.05, 0) is 50.5 Å². The van der Waals surface area contributed by atoms with Crippen molar-refractivity contribution in [3.63, 3.8) is 0 Å². The molecule has 0 radical (unpaired) electrons. The van der Waals surface area contributed by atoms with Crippen LogP contribution in [-0.4, -0.2) is 42.6 Å². The fourth-order valence-corrected chi connectivity index (χ4v) is 2.79.